The number of ether oxygens (including phenoxy) is 1. The second-order valence-electron chi connectivity index (χ2n) is 6.14. The van der Waals surface area contributed by atoms with E-state index in [9.17, 15) is 4.79 Å². The largest absolute Gasteiger partial charge is 0.495 e. The second kappa shape index (κ2) is 7.69. The van der Waals surface area contributed by atoms with Crippen LogP contribution in [0.3, 0.4) is 0 Å². The first-order valence-electron chi connectivity index (χ1n) is 8.48. The molecular formula is C18H15Cl2N7O2. The molecule has 11 heteroatoms. The molecule has 0 fully saturated rings. The van der Waals surface area contributed by atoms with Crippen LogP contribution >= 0.6 is 23.2 Å². The molecule has 1 N–H and O–H groups in total. The number of anilines is 2. The maximum absolute atomic E-state index is 13.4. The molecule has 2 aromatic heterocycles. The van der Waals surface area contributed by atoms with Gasteiger partial charge in [-0.2, -0.15) is 0 Å². The SMILES string of the molecule is COc1cccc2c1N(C(=O)Nc1c(Cl)cncc1Cl)C(c1nnnn1C)C=C2. The smallest absolute Gasteiger partial charge is 0.327 e. The van der Waals surface area contributed by atoms with Crippen LogP contribution in [0.2, 0.25) is 10.0 Å². The second-order valence-corrected chi connectivity index (χ2v) is 6.96. The van der Waals surface area contributed by atoms with Crippen molar-refractivity contribution in [1.29, 1.82) is 0 Å². The Balaban J connectivity index is 1.83. The van der Waals surface area contributed by atoms with Crippen molar-refractivity contribution in [3.8, 4) is 5.75 Å². The monoisotopic (exact) mass is 431 g/mol. The highest BCUT2D eigenvalue weighted by molar-refractivity contribution is 6.39. The Morgan fingerprint density at radius 1 is 1.24 bits per heavy atom. The zero-order valence-corrected chi connectivity index (χ0v) is 16.9. The standard InChI is InChI=1S/C18H15Cl2N7O2/c1-26-17(23-24-25-26)13-7-6-10-4-3-5-14(29-2)16(10)27(13)18(28)22-15-11(19)8-21-9-12(15)20/h3-9,13H,1-2H3,(H,21,22,28). The van der Waals surface area contributed by atoms with E-state index in [1.165, 1.54) is 22.0 Å². The van der Waals surface area contributed by atoms with Gasteiger partial charge in [-0.05, 0) is 16.5 Å². The quantitative estimate of drug-likeness (QED) is 0.678. The fraction of sp³-hybridized carbons (Fsp3) is 0.167. The number of halogens is 2. The molecule has 1 aromatic carbocycles. The number of nitrogens with one attached hydrogen (secondary N) is 1. The summed E-state index contributed by atoms with van der Waals surface area (Å²) in [6, 6.07) is 4.43. The third kappa shape index (κ3) is 3.39. The fourth-order valence-corrected chi connectivity index (χ4v) is 3.59. The minimum atomic E-state index is -0.585. The highest BCUT2D eigenvalue weighted by Gasteiger charge is 2.35. The zero-order chi connectivity index (χ0) is 20.5. The lowest BCUT2D eigenvalue weighted by atomic mass is 10.0. The summed E-state index contributed by atoms with van der Waals surface area (Å²) in [4.78, 5) is 18.8. The molecule has 3 heterocycles. The third-order valence-corrected chi connectivity index (χ3v) is 5.02. The zero-order valence-electron chi connectivity index (χ0n) is 15.4. The van der Waals surface area contributed by atoms with Crippen molar-refractivity contribution in [2.24, 2.45) is 7.05 Å². The van der Waals surface area contributed by atoms with Crippen LogP contribution in [-0.2, 0) is 7.05 Å². The van der Waals surface area contributed by atoms with Crippen LogP contribution in [-0.4, -0.2) is 38.3 Å². The van der Waals surface area contributed by atoms with Crippen LogP contribution in [0.25, 0.3) is 6.08 Å². The van der Waals surface area contributed by atoms with E-state index in [0.29, 0.717) is 17.3 Å². The summed E-state index contributed by atoms with van der Waals surface area (Å²) >= 11 is 12.4. The van der Waals surface area contributed by atoms with Gasteiger partial charge in [-0.1, -0.05) is 47.5 Å². The molecule has 3 aromatic rings. The van der Waals surface area contributed by atoms with Crippen molar-refractivity contribution < 1.29 is 9.53 Å². The normalized spacial score (nSPS) is 15.2. The molecule has 0 saturated heterocycles. The molecule has 0 spiro atoms. The van der Waals surface area contributed by atoms with Crippen molar-refractivity contribution in [3.05, 3.63) is 58.1 Å². The Labute approximate surface area is 175 Å². The minimum absolute atomic E-state index is 0.218. The first-order chi connectivity index (χ1) is 14.0. The van der Waals surface area contributed by atoms with E-state index in [1.54, 1.807) is 20.2 Å². The van der Waals surface area contributed by atoms with Gasteiger partial charge in [-0.25, -0.2) is 9.48 Å². The van der Waals surface area contributed by atoms with Crippen molar-refractivity contribution in [1.82, 2.24) is 25.2 Å². The van der Waals surface area contributed by atoms with Crippen molar-refractivity contribution >= 4 is 46.7 Å². The molecular weight excluding hydrogens is 417 g/mol. The lowest BCUT2D eigenvalue weighted by molar-refractivity contribution is 0.255. The number of nitrogens with zero attached hydrogens (tertiary/aromatic N) is 6. The number of carbonyl (C=O) groups excluding carboxylic acids is 1. The Hall–Kier alpha value is -3.17. The van der Waals surface area contributed by atoms with Crippen molar-refractivity contribution in [2.75, 3.05) is 17.3 Å². The Morgan fingerprint density at radius 2 is 2.00 bits per heavy atom. The van der Waals surface area contributed by atoms with Gasteiger partial charge in [-0.3, -0.25) is 9.88 Å². The number of para-hydroxylation sites is 1. The summed E-state index contributed by atoms with van der Waals surface area (Å²) in [6.45, 7) is 0. The number of aromatic nitrogens is 5. The summed E-state index contributed by atoms with van der Waals surface area (Å²) in [5.74, 6) is 0.994. The van der Waals surface area contributed by atoms with Gasteiger partial charge in [0.05, 0.1) is 28.5 Å². The van der Waals surface area contributed by atoms with E-state index in [2.05, 4.69) is 25.8 Å². The molecule has 2 amide bonds. The van der Waals surface area contributed by atoms with E-state index < -0.39 is 12.1 Å². The molecule has 4 rings (SSSR count). The van der Waals surface area contributed by atoms with Gasteiger partial charge in [0.15, 0.2) is 5.82 Å². The molecule has 0 bridgehead atoms. The summed E-state index contributed by atoms with van der Waals surface area (Å²) in [5, 5.41) is 14.8. The number of pyridine rings is 1. The van der Waals surface area contributed by atoms with E-state index in [1.807, 2.05) is 24.3 Å². The topological polar surface area (TPSA) is 98.1 Å². The Morgan fingerprint density at radius 3 is 2.66 bits per heavy atom. The average molecular weight is 432 g/mol. The number of carbonyl (C=O) groups is 1. The molecule has 1 atom stereocenters. The molecule has 9 nitrogen and oxygen atoms in total. The van der Waals surface area contributed by atoms with E-state index >= 15 is 0 Å². The van der Waals surface area contributed by atoms with Crippen LogP contribution in [0.15, 0.2) is 36.7 Å². The number of aryl methyl sites for hydroxylation is 1. The van der Waals surface area contributed by atoms with E-state index in [-0.39, 0.29) is 15.7 Å². The summed E-state index contributed by atoms with van der Waals surface area (Å²) in [6.07, 6.45) is 6.53. The highest BCUT2D eigenvalue weighted by atomic mass is 35.5. The summed E-state index contributed by atoms with van der Waals surface area (Å²) in [7, 11) is 3.24. The van der Waals surface area contributed by atoms with Crippen LogP contribution < -0.4 is 15.0 Å². The Kier molecular flexibility index (Phi) is 5.08. The van der Waals surface area contributed by atoms with Crippen LogP contribution in [0.5, 0.6) is 5.75 Å². The van der Waals surface area contributed by atoms with Crippen LogP contribution in [0.1, 0.15) is 17.4 Å². The van der Waals surface area contributed by atoms with Crippen LogP contribution in [0, 0.1) is 0 Å². The van der Waals surface area contributed by atoms with Crippen molar-refractivity contribution in [3.63, 3.8) is 0 Å². The molecule has 1 aliphatic heterocycles. The molecule has 0 saturated carbocycles. The molecule has 29 heavy (non-hydrogen) atoms. The van der Waals surface area contributed by atoms with Crippen LogP contribution in [0.4, 0.5) is 16.2 Å². The Bertz CT molecular complexity index is 1100. The van der Waals surface area contributed by atoms with Gasteiger partial charge >= 0.3 is 6.03 Å². The summed E-state index contributed by atoms with van der Waals surface area (Å²) < 4.78 is 7.01. The van der Waals surface area contributed by atoms with E-state index in [4.69, 9.17) is 27.9 Å². The molecule has 1 aliphatic rings. The van der Waals surface area contributed by atoms with Gasteiger partial charge < -0.3 is 10.1 Å². The number of urea groups is 1. The van der Waals surface area contributed by atoms with Gasteiger partial charge in [0.1, 0.15) is 11.8 Å². The number of hydrogen-bond donors (Lipinski definition) is 1. The van der Waals surface area contributed by atoms with Gasteiger partial charge in [-0.15, -0.1) is 5.10 Å². The predicted molar refractivity (Wildman–Crippen MR) is 109 cm³/mol. The summed E-state index contributed by atoms with van der Waals surface area (Å²) in [5.41, 5.74) is 1.64. The number of hydrogen-bond acceptors (Lipinski definition) is 6. The molecule has 1 unspecified atom stereocenters. The minimum Gasteiger partial charge on any atom is -0.495 e. The maximum atomic E-state index is 13.4. The molecule has 0 radical (unpaired) electrons. The number of amides is 2. The first kappa shape index (κ1) is 19.2. The van der Waals surface area contributed by atoms with Gasteiger partial charge in [0.2, 0.25) is 0 Å². The van der Waals surface area contributed by atoms with Gasteiger partial charge in [0, 0.05) is 25.0 Å². The molecule has 0 aliphatic carbocycles. The first-order valence-corrected chi connectivity index (χ1v) is 9.23. The number of benzene rings is 1. The maximum Gasteiger partial charge on any atom is 0.327 e. The lowest BCUT2D eigenvalue weighted by Gasteiger charge is -2.34. The number of tetrazole rings is 1. The number of methoxy groups -OCH3 is 1. The third-order valence-electron chi connectivity index (χ3n) is 4.45. The lowest BCUT2D eigenvalue weighted by Crippen LogP contribution is -2.40. The average Bonchev–Trinajstić information content (AvgIpc) is 3.15. The number of fused-ring (bicyclic) bond motifs is 1. The fourth-order valence-electron chi connectivity index (χ4n) is 3.13. The van der Waals surface area contributed by atoms with Gasteiger partial charge in [0.25, 0.3) is 0 Å². The molecule has 148 valence electrons. The van der Waals surface area contributed by atoms with E-state index in [0.717, 1.165) is 5.56 Å². The highest BCUT2D eigenvalue weighted by Crippen LogP contribution is 2.42. The predicted octanol–water partition coefficient (Wildman–Crippen LogP) is 3.73. The number of rotatable bonds is 3. The van der Waals surface area contributed by atoms with Crippen molar-refractivity contribution in [2.45, 2.75) is 6.04 Å².